The van der Waals surface area contributed by atoms with Crippen molar-refractivity contribution in [3.63, 3.8) is 0 Å². The highest BCUT2D eigenvalue weighted by atomic mass is 16.1. The number of anilines is 1. The van der Waals surface area contributed by atoms with E-state index in [9.17, 15) is 4.79 Å². The Morgan fingerprint density at radius 3 is 2.60 bits per heavy atom. The van der Waals surface area contributed by atoms with Crippen LogP contribution in [0.5, 0.6) is 0 Å². The number of nitrogens with two attached hydrogens (primary N) is 1. The summed E-state index contributed by atoms with van der Waals surface area (Å²) in [7, 11) is 0. The monoisotopic (exact) mass is 276 g/mol. The molecule has 3 N–H and O–H groups in total. The number of hydrogen-bond donors (Lipinski definition) is 2. The van der Waals surface area contributed by atoms with Crippen LogP contribution < -0.4 is 11.2 Å². The van der Waals surface area contributed by atoms with E-state index in [-0.39, 0.29) is 11.8 Å². The predicted molar refractivity (Wildman–Crippen MR) is 79.8 cm³/mol. The summed E-state index contributed by atoms with van der Waals surface area (Å²) in [4.78, 5) is 16.1. The van der Waals surface area contributed by atoms with Gasteiger partial charge in [-0.3, -0.25) is 15.6 Å². The van der Waals surface area contributed by atoms with Gasteiger partial charge in [0.15, 0.2) is 0 Å². The van der Waals surface area contributed by atoms with Gasteiger partial charge in [0.2, 0.25) is 5.91 Å². The van der Waals surface area contributed by atoms with Crippen LogP contribution >= 0.6 is 0 Å². The third kappa shape index (κ3) is 4.02. The van der Waals surface area contributed by atoms with Gasteiger partial charge in [-0.15, -0.1) is 0 Å². The van der Waals surface area contributed by atoms with Crippen LogP contribution in [0.1, 0.15) is 39.0 Å². The highest BCUT2D eigenvalue weighted by Crippen LogP contribution is 2.27. The number of rotatable bonds is 5. The van der Waals surface area contributed by atoms with Gasteiger partial charge in [0.1, 0.15) is 0 Å². The van der Waals surface area contributed by atoms with Crippen LogP contribution in [0.15, 0.2) is 24.5 Å². The Balaban J connectivity index is 1.80. The molecule has 5 heteroatoms. The van der Waals surface area contributed by atoms with Gasteiger partial charge in [-0.1, -0.05) is 6.92 Å². The minimum absolute atomic E-state index is 0.106. The van der Waals surface area contributed by atoms with Crippen LogP contribution in [-0.2, 0) is 4.79 Å². The maximum absolute atomic E-state index is 12.2. The molecular weight excluding hydrogens is 252 g/mol. The summed E-state index contributed by atoms with van der Waals surface area (Å²) in [5.74, 6) is 6.26. The van der Waals surface area contributed by atoms with E-state index in [1.165, 1.54) is 0 Å². The molecule has 0 radical (unpaired) electrons. The van der Waals surface area contributed by atoms with E-state index < -0.39 is 0 Å². The number of aromatic nitrogens is 1. The Morgan fingerprint density at radius 1 is 1.35 bits per heavy atom. The highest BCUT2D eigenvalue weighted by Gasteiger charge is 2.28. The molecule has 1 aromatic rings. The molecule has 1 aromatic heterocycles. The van der Waals surface area contributed by atoms with Crippen LogP contribution in [0.2, 0.25) is 0 Å². The summed E-state index contributed by atoms with van der Waals surface area (Å²) in [6, 6.07) is 4.05. The van der Waals surface area contributed by atoms with Crippen molar-refractivity contribution in [2.24, 2.45) is 11.8 Å². The summed E-state index contributed by atoms with van der Waals surface area (Å²) < 4.78 is 0. The van der Waals surface area contributed by atoms with Crippen molar-refractivity contribution < 1.29 is 4.79 Å². The van der Waals surface area contributed by atoms with Crippen molar-refractivity contribution in [1.29, 1.82) is 0 Å². The lowest BCUT2D eigenvalue weighted by molar-refractivity contribution is -0.121. The fraction of sp³-hybridized carbons (Fsp3) is 0.600. The van der Waals surface area contributed by atoms with Crippen LogP contribution in [0.4, 0.5) is 5.69 Å². The Labute approximate surface area is 120 Å². The van der Waals surface area contributed by atoms with Gasteiger partial charge in [0.05, 0.1) is 0 Å². The van der Waals surface area contributed by atoms with E-state index in [2.05, 4.69) is 17.2 Å². The van der Waals surface area contributed by atoms with Gasteiger partial charge in [0, 0.05) is 36.6 Å². The van der Waals surface area contributed by atoms with Crippen molar-refractivity contribution in [1.82, 2.24) is 9.99 Å². The molecular formula is C15H24N4O. The molecule has 110 valence electrons. The van der Waals surface area contributed by atoms with Crippen molar-refractivity contribution in [3.8, 4) is 0 Å². The second kappa shape index (κ2) is 7.36. The molecule has 0 aliphatic heterocycles. The number of pyridine rings is 1. The lowest BCUT2D eigenvalue weighted by Crippen LogP contribution is -2.44. The molecule has 0 bridgehead atoms. The summed E-state index contributed by atoms with van der Waals surface area (Å²) in [5, 5.41) is 4.90. The number of hydrogen-bond acceptors (Lipinski definition) is 4. The van der Waals surface area contributed by atoms with E-state index in [1.54, 1.807) is 12.4 Å². The average molecular weight is 276 g/mol. The van der Waals surface area contributed by atoms with Gasteiger partial charge in [-0.2, -0.15) is 0 Å². The van der Waals surface area contributed by atoms with Gasteiger partial charge >= 0.3 is 0 Å². The van der Waals surface area contributed by atoms with Gasteiger partial charge in [-0.05, 0) is 44.2 Å². The summed E-state index contributed by atoms with van der Waals surface area (Å²) in [6.45, 7) is 3.06. The maximum Gasteiger partial charge on any atom is 0.227 e. The molecule has 0 saturated heterocycles. The Bertz CT molecular complexity index is 415. The number of hydrazine groups is 1. The fourth-order valence-electron chi connectivity index (χ4n) is 2.79. The third-order valence-corrected chi connectivity index (χ3v) is 3.97. The number of carbonyl (C=O) groups is 1. The second-order valence-electron chi connectivity index (χ2n) is 5.47. The molecule has 2 rings (SSSR count). The van der Waals surface area contributed by atoms with Gasteiger partial charge < -0.3 is 5.32 Å². The van der Waals surface area contributed by atoms with Crippen molar-refractivity contribution >= 4 is 11.6 Å². The summed E-state index contributed by atoms with van der Waals surface area (Å²) >= 11 is 0. The zero-order valence-electron chi connectivity index (χ0n) is 12.1. The first kappa shape index (κ1) is 14.9. The fourth-order valence-corrected chi connectivity index (χ4v) is 2.79. The molecule has 1 aliphatic rings. The van der Waals surface area contributed by atoms with Crippen LogP contribution in [0, 0.1) is 5.92 Å². The number of amides is 1. The van der Waals surface area contributed by atoms with Crippen molar-refractivity contribution in [2.75, 3.05) is 11.9 Å². The topological polar surface area (TPSA) is 71.2 Å². The standard InChI is InChI=1S/C15H24N4O/c1-2-11-19(16)14-5-3-12(4-6-14)15(20)18-13-7-9-17-10-8-13/h7-10,12,14H,2-6,11,16H2,1H3,(H,17,18,20). The lowest BCUT2D eigenvalue weighted by Gasteiger charge is -2.33. The van der Waals surface area contributed by atoms with Gasteiger partial charge in [-0.25, -0.2) is 5.01 Å². The quantitative estimate of drug-likeness (QED) is 0.638. The summed E-state index contributed by atoms with van der Waals surface area (Å²) in [6.07, 6.45) is 8.28. The molecule has 1 amide bonds. The van der Waals surface area contributed by atoms with Crippen LogP contribution in [0.3, 0.4) is 0 Å². The normalized spacial score (nSPS) is 22.8. The first-order chi connectivity index (χ1) is 9.70. The molecule has 20 heavy (non-hydrogen) atoms. The number of nitrogens with zero attached hydrogens (tertiary/aromatic N) is 2. The maximum atomic E-state index is 12.2. The number of carbonyl (C=O) groups excluding carboxylic acids is 1. The van der Waals surface area contributed by atoms with Gasteiger partial charge in [0.25, 0.3) is 0 Å². The van der Waals surface area contributed by atoms with Crippen LogP contribution in [0.25, 0.3) is 0 Å². The smallest absolute Gasteiger partial charge is 0.227 e. The van der Waals surface area contributed by atoms with Crippen molar-refractivity contribution in [3.05, 3.63) is 24.5 Å². The highest BCUT2D eigenvalue weighted by molar-refractivity contribution is 5.92. The second-order valence-corrected chi connectivity index (χ2v) is 5.47. The first-order valence-electron chi connectivity index (χ1n) is 7.43. The van der Waals surface area contributed by atoms with E-state index in [1.807, 2.05) is 17.1 Å². The molecule has 0 unspecified atom stereocenters. The zero-order chi connectivity index (χ0) is 14.4. The van der Waals surface area contributed by atoms with E-state index >= 15 is 0 Å². The minimum Gasteiger partial charge on any atom is -0.326 e. The first-order valence-corrected chi connectivity index (χ1v) is 7.43. The molecule has 0 atom stereocenters. The molecule has 1 fully saturated rings. The van der Waals surface area contributed by atoms with E-state index in [0.29, 0.717) is 6.04 Å². The molecule has 0 spiro atoms. The lowest BCUT2D eigenvalue weighted by atomic mass is 9.85. The SMILES string of the molecule is CCCN(N)C1CCC(C(=O)Nc2ccncc2)CC1. The Hall–Kier alpha value is -1.46. The molecule has 1 aliphatic carbocycles. The molecule has 1 heterocycles. The summed E-state index contributed by atoms with van der Waals surface area (Å²) in [5.41, 5.74) is 0.818. The molecule has 0 aromatic carbocycles. The Kier molecular flexibility index (Phi) is 5.49. The molecule has 1 saturated carbocycles. The third-order valence-electron chi connectivity index (χ3n) is 3.97. The Morgan fingerprint density at radius 2 is 2.00 bits per heavy atom. The van der Waals surface area contributed by atoms with E-state index in [4.69, 9.17) is 5.84 Å². The predicted octanol–water partition coefficient (Wildman–Crippen LogP) is 2.16. The van der Waals surface area contributed by atoms with Crippen molar-refractivity contribution in [2.45, 2.75) is 45.1 Å². The largest absolute Gasteiger partial charge is 0.326 e. The van der Waals surface area contributed by atoms with E-state index in [0.717, 1.165) is 44.3 Å². The average Bonchev–Trinajstić information content (AvgIpc) is 2.48. The van der Waals surface area contributed by atoms with Crippen LogP contribution in [-0.4, -0.2) is 28.5 Å². The minimum atomic E-state index is 0.106. The zero-order valence-corrected chi connectivity index (χ0v) is 12.1. The molecule has 5 nitrogen and oxygen atoms in total. The number of nitrogens with one attached hydrogen (secondary N) is 1.